The van der Waals surface area contributed by atoms with Crippen LogP contribution < -0.4 is 4.74 Å². The third-order valence-electron chi connectivity index (χ3n) is 5.91. The van der Waals surface area contributed by atoms with Gasteiger partial charge in [0.15, 0.2) is 11.5 Å². The van der Waals surface area contributed by atoms with Crippen molar-refractivity contribution < 1.29 is 27.8 Å². The summed E-state index contributed by atoms with van der Waals surface area (Å²) in [6.07, 6.45) is -4.29. The highest BCUT2D eigenvalue weighted by Gasteiger charge is 2.41. The second-order valence-electron chi connectivity index (χ2n) is 8.49. The number of pyridine rings is 1. The van der Waals surface area contributed by atoms with Crippen LogP contribution >= 0.6 is 11.6 Å². The van der Waals surface area contributed by atoms with E-state index in [4.69, 9.17) is 16.3 Å². The summed E-state index contributed by atoms with van der Waals surface area (Å²) in [6.45, 7) is 0.247. The van der Waals surface area contributed by atoms with Gasteiger partial charge in [-0.15, -0.1) is 0 Å². The lowest BCUT2D eigenvalue weighted by Crippen LogP contribution is -2.18. The molecule has 1 N–H and O–H groups in total. The number of rotatable bonds is 7. The molecule has 39 heavy (non-hydrogen) atoms. The first-order valence-corrected chi connectivity index (χ1v) is 12.0. The lowest BCUT2D eigenvalue weighted by molar-refractivity contribution is -0.143. The van der Waals surface area contributed by atoms with Gasteiger partial charge in [0.2, 0.25) is 0 Å². The molecule has 5 aromatic rings. The highest BCUT2D eigenvalue weighted by molar-refractivity contribution is 6.30. The van der Waals surface area contributed by atoms with Crippen LogP contribution in [0.25, 0.3) is 28.2 Å². The summed E-state index contributed by atoms with van der Waals surface area (Å²) < 4.78 is 47.6. The number of benzene rings is 3. The van der Waals surface area contributed by atoms with Crippen molar-refractivity contribution in [3.63, 3.8) is 0 Å². The van der Waals surface area contributed by atoms with Gasteiger partial charge in [0.25, 0.3) is 0 Å². The van der Waals surface area contributed by atoms with E-state index in [0.717, 1.165) is 16.7 Å². The molecule has 10 heteroatoms. The molecule has 0 saturated heterocycles. The summed E-state index contributed by atoms with van der Waals surface area (Å²) in [5.41, 5.74) is 1.49. The number of hydrogen-bond donors (Lipinski definition) is 1. The molecule has 0 fully saturated rings. The van der Waals surface area contributed by atoms with Crippen LogP contribution in [-0.2, 0) is 12.8 Å². The zero-order chi connectivity index (χ0) is 27.6. The van der Waals surface area contributed by atoms with Crippen molar-refractivity contribution in [2.45, 2.75) is 12.8 Å². The minimum absolute atomic E-state index is 0.181. The van der Waals surface area contributed by atoms with Gasteiger partial charge >= 0.3 is 12.1 Å². The standard InChI is InChI=1S/C29H19ClF3N3O3/c30-21-14-12-20(13-15-21)19-10-8-18(9-11-19)17-39-25-6-2-1-4-22(25)24-5-3-7-26(35-24)36-27(29(31,32)33)23(16-34-36)28(37)38/h1-16H,17H2,(H,37,38). The Morgan fingerprint density at radius 1 is 0.897 bits per heavy atom. The normalized spacial score (nSPS) is 11.4. The Kier molecular flexibility index (Phi) is 7.08. The second kappa shape index (κ2) is 10.6. The maximum Gasteiger partial charge on any atom is 0.434 e. The van der Waals surface area contributed by atoms with Crippen LogP contribution in [0.3, 0.4) is 0 Å². The topological polar surface area (TPSA) is 77.2 Å². The third-order valence-corrected chi connectivity index (χ3v) is 6.16. The Balaban J connectivity index is 1.40. The molecule has 3 aromatic carbocycles. The molecule has 6 nitrogen and oxygen atoms in total. The van der Waals surface area contributed by atoms with Gasteiger partial charge in [-0.1, -0.05) is 66.2 Å². The first kappa shape index (κ1) is 26.0. The zero-order valence-corrected chi connectivity index (χ0v) is 20.8. The number of halogens is 4. The molecule has 0 atom stereocenters. The lowest BCUT2D eigenvalue weighted by atomic mass is 10.0. The molecule has 2 heterocycles. The van der Waals surface area contributed by atoms with E-state index in [2.05, 4.69) is 10.1 Å². The van der Waals surface area contributed by atoms with E-state index >= 15 is 0 Å². The van der Waals surface area contributed by atoms with E-state index in [-0.39, 0.29) is 12.4 Å². The number of carboxylic acids is 1. The quantitative estimate of drug-likeness (QED) is 0.227. The van der Waals surface area contributed by atoms with Crippen molar-refractivity contribution in [1.29, 1.82) is 0 Å². The highest BCUT2D eigenvalue weighted by atomic mass is 35.5. The van der Waals surface area contributed by atoms with Crippen molar-refractivity contribution in [3.05, 3.63) is 119 Å². The maximum absolute atomic E-state index is 13.7. The molecule has 5 rings (SSSR count). The van der Waals surface area contributed by atoms with E-state index < -0.39 is 23.4 Å². The van der Waals surface area contributed by atoms with Gasteiger partial charge in [0.1, 0.15) is 17.9 Å². The van der Waals surface area contributed by atoms with Crippen LogP contribution in [-0.4, -0.2) is 25.8 Å². The highest BCUT2D eigenvalue weighted by Crippen LogP contribution is 2.35. The summed E-state index contributed by atoms with van der Waals surface area (Å²) in [5, 5.41) is 13.5. The van der Waals surface area contributed by atoms with Crippen LogP contribution in [0.2, 0.25) is 5.02 Å². The number of hydrogen-bond acceptors (Lipinski definition) is 4. The summed E-state index contributed by atoms with van der Waals surface area (Å²) in [4.78, 5) is 15.7. The number of ether oxygens (including phenoxy) is 1. The van der Waals surface area contributed by atoms with Crippen LogP contribution in [0.5, 0.6) is 5.75 Å². The fraction of sp³-hybridized carbons (Fsp3) is 0.0690. The van der Waals surface area contributed by atoms with E-state index in [0.29, 0.717) is 32.9 Å². The minimum Gasteiger partial charge on any atom is -0.488 e. The number of carbonyl (C=O) groups is 1. The third kappa shape index (κ3) is 5.63. The van der Waals surface area contributed by atoms with Crippen molar-refractivity contribution in [3.8, 4) is 34.0 Å². The first-order chi connectivity index (χ1) is 18.7. The predicted molar refractivity (Wildman–Crippen MR) is 140 cm³/mol. The monoisotopic (exact) mass is 549 g/mol. The van der Waals surface area contributed by atoms with Crippen LogP contribution in [0.4, 0.5) is 13.2 Å². The van der Waals surface area contributed by atoms with Crippen LogP contribution in [0.15, 0.2) is 97.2 Å². The zero-order valence-electron chi connectivity index (χ0n) is 20.1. The SMILES string of the molecule is O=C(O)c1cnn(-c2cccc(-c3ccccc3OCc3ccc(-c4ccc(Cl)cc4)cc3)n2)c1C(F)(F)F. The van der Waals surface area contributed by atoms with Gasteiger partial charge < -0.3 is 9.84 Å². The van der Waals surface area contributed by atoms with Gasteiger partial charge in [-0.25, -0.2) is 14.5 Å². The molecule has 0 bridgehead atoms. The fourth-order valence-electron chi connectivity index (χ4n) is 4.04. The molecule has 0 saturated carbocycles. The lowest BCUT2D eigenvalue weighted by Gasteiger charge is -2.14. The molecule has 0 unspecified atom stereocenters. The maximum atomic E-state index is 13.7. The van der Waals surface area contributed by atoms with Crippen molar-refractivity contribution in [2.24, 2.45) is 0 Å². The van der Waals surface area contributed by atoms with E-state index in [1.807, 2.05) is 48.5 Å². The molecule has 0 aliphatic rings. The smallest absolute Gasteiger partial charge is 0.434 e. The molecule has 0 spiro atoms. The number of alkyl halides is 3. The van der Waals surface area contributed by atoms with Gasteiger partial charge in [-0.2, -0.15) is 18.3 Å². The Morgan fingerprint density at radius 3 is 2.23 bits per heavy atom. The molecular weight excluding hydrogens is 531 g/mol. The Morgan fingerprint density at radius 2 is 1.56 bits per heavy atom. The molecular formula is C29H19ClF3N3O3. The van der Waals surface area contributed by atoms with Crippen LogP contribution in [0, 0.1) is 0 Å². The van der Waals surface area contributed by atoms with Gasteiger partial charge in [0, 0.05) is 10.6 Å². The molecule has 196 valence electrons. The second-order valence-corrected chi connectivity index (χ2v) is 8.93. The summed E-state index contributed by atoms with van der Waals surface area (Å²) in [7, 11) is 0. The molecule has 0 aliphatic heterocycles. The predicted octanol–water partition coefficient (Wildman–Crippen LogP) is 7.55. The number of nitrogens with zero attached hydrogens (tertiary/aromatic N) is 3. The van der Waals surface area contributed by atoms with Crippen molar-refractivity contribution in [2.75, 3.05) is 0 Å². The Hall–Kier alpha value is -4.63. The number of aromatic nitrogens is 3. The Labute approximate surface area is 225 Å². The van der Waals surface area contributed by atoms with E-state index in [9.17, 15) is 23.1 Å². The largest absolute Gasteiger partial charge is 0.488 e. The van der Waals surface area contributed by atoms with Gasteiger partial charge in [-0.3, -0.25) is 0 Å². The summed E-state index contributed by atoms with van der Waals surface area (Å²) in [5.74, 6) is -1.43. The average molecular weight is 550 g/mol. The molecule has 2 aromatic heterocycles. The number of carboxylic acid groups (broad SMARTS) is 1. The van der Waals surface area contributed by atoms with E-state index in [1.54, 1.807) is 30.3 Å². The number of aromatic carboxylic acids is 1. The van der Waals surface area contributed by atoms with Crippen LogP contribution in [0.1, 0.15) is 21.6 Å². The summed E-state index contributed by atoms with van der Waals surface area (Å²) in [6, 6.07) is 26.9. The Bertz CT molecular complexity index is 1630. The van der Waals surface area contributed by atoms with Gasteiger partial charge in [0.05, 0.1) is 11.9 Å². The molecule has 0 radical (unpaired) electrons. The number of para-hydroxylation sites is 1. The van der Waals surface area contributed by atoms with E-state index in [1.165, 1.54) is 12.1 Å². The fourth-order valence-corrected chi connectivity index (χ4v) is 4.17. The minimum atomic E-state index is -4.95. The van der Waals surface area contributed by atoms with Crippen molar-refractivity contribution >= 4 is 17.6 Å². The summed E-state index contributed by atoms with van der Waals surface area (Å²) >= 11 is 5.97. The average Bonchev–Trinajstić information content (AvgIpc) is 3.40. The van der Waals surface area contributed by atoms with Crippen molar-refractivity contribution in [1.82, 2.24) is 14.8 Å². The first-order valence-electron chi connectivity index (χ1n) is 11.6. The molecule has 0 aliphatic carbocycles. The van der Waals surface area contributed by atoms with Gasteiger partial charge in [-0.05, 0) is 53.1 Å². The molecule has 0 amide bonds.